The fourth-order valence-electron chi connectivity index (χ4n) is 2.36. The van der Waals surface area contributed by atoms with Gasteiger partial charge in [-0.3, -0.25) is 9.79 Å². The van der Waals surface area contributed by atoms with Gasteiger partial charge in [0.25, 0.3) is 5.91 Å². The van der Waals surface area contributed by atoms with Gasteiger partial charge in [0.1, 0.15) is 5.01 Å². The third-order valence-corrected chi connectivity index (χ3v) is 5.44. The highest BCUT2D eigenvalue weighted by molar-refractivity contribution is 14.0. The molecule has 2 rings (SSSR count). The van der Waals surface area contributed by atoms with Crippen LogP contribution >= 0.6 is 35.3 Å². The largest absolute Gasteiger partial charge is 0.352 e. The second kappa shape index (κ2) is 12.0. The molecule has 0 aliphatic rings. The van der Waals surface area contributed by atoms with Crippen molar-refractivity contribution < 1.29 is 4.79 Å². The van der Waals surface area contributed by atoms with Gasteiger partial charge in [-0.2, -0.15) is 0 Å². The van der Waals surface area contributed by atoms with Crippen molar-refractivity contribution in [3.63, 3.8) is 0 Å². The van der Waals surface area contributed by atoms with E-state index in [2.05, 4.69) is 39.8 Å². The van der Waals surface area contributed by atoms with Crippen LogP contribution in [0.5, 0.6) is 0 Å². The first-order valence-electron chi connectivity index (χ1n) is 9.20. The zero-order valence-corrected chi connectivity index (χ0v) is 20.3. The average Bonchev–Trinajstić information content (AvgIpc) is 2.99. The Kier molecular flexibility index (Phi) is 10.4. The highest BCUT2D eigenvalue weighted by Crippen LogP contribution is 2.15. The van der Waals surface area contributed by atoms with Gasteiger partial charge in [0.2, 0.25) is 0 Å². The van der Waals surface area contributed by atoms with E-state index in [-0.39, 0.29) is 35.9 Å². The van der Waals surface area contributed by atoms with Crippen LogP contribution in [0.25, 0.3) is 0 Å². The van der Waals surface area contributed by atoms with E-state index in [1.807, 2.05) is 38.1 Å². The molecular formula is C20H30IN5OS. The maximum atomic E-state index is 12.1. The Hall–Kier alpha value is -1.68. The number of carbonyl (C=O) groups is 1. The summed E-state index contributed by atoms with van der Waals surface area (Å²) in [5.41, 5.74) is 2.84. The van der Waals surface area contributed by atoms with E-state index in [4.69, 9.17) is 0 Å². The molecule has 0 aliphatic carbocycles. The number of aryl methyl sites for hydroxylation is 2. The predicted octanol–water partition coefficient (Wildman–Crippen LogP) is 3.77. The summed E-state index contributed by atoms with van der Waals surface area (Å²) >= 11 is 1.70. The van der Waals surface area contributed by atoms with Crippen LogP contribution in [-0.4, -0.2) is 29.9 Å². The van der Waals surface area contributed by atoms with Gasteiger partial charge in [0, 0.05) is 30.1 Å². The van der Waals surface area contributed by atoms with E-state index in [0.29, 0.717) is 18.7 Å². The van der Waals surface area contributed by atoms with Crippen molar-refractivity contribution in [2.45, 2.75) is 53.2 Å². The van der Waals surface area contributed by atoms with Crippen molar-refractivity contribution in [1.82, 2.24) is 20.9 Å². The normalized spacial score (nSPS) is 12.1. The van der Waals surface area contributed by atoms with Crippen LogP contribution in [0.4, 0.5) is 0 Å². The van der Waals surface area contributed by atoms with Crippen LogP contribution in [0, 0.1) is 13.8 Å². The Labute approximate surface area is 188 Å². The Morgan fingerprint density at radius 1 is 1.18 bits per heavy atom. The van der Waals surface area contributed by atoms with Crippen molar-refractivity contribution in [2.24, 2.45) is 4.99 Å². The number of hydrogen-bond acceptors (Lipinski definition) is 4. The molecule has 1 aromatic heterocycles. The van der Waals surface area contributed by atoms with Gasteiger partial charge in [-0.25, -0.2) is 4.98 Å². The van der Waals surface area contributed by atoms with E-state index in [1.165, 1.54) is 4.88 Å². The molecule has 1 atom stereocenters. The number of guanidine groups is 1. The molecule has 1 aromatic carbocycles. The van der Waals surface area contributed by atoms with Crippen molar-refractivity contribution in [3.8, 4) is 0 Å². The number of aliphatic imine (C=N–C) groups is 1. The van der Waals surface area contributed by atoms with Crippen LogP contribution < -0.4 is 16.0 Å². The molecule has 0 bridgehead atoms. The molecule has 28 heavy (non-hydrogen) atoms. The minimum atomic E-state index is -0.0321. The summed E-state index contributed by atoms with van der Waals surface area (Å²) in [4.78, 5) is 22.1. The SMILES string of the molecule is CCC(C)NC(=O)c1ccc(CNC(=NC)NCc2nc(C)c(C)s2)cc1.I. The monoisotopic (exact) mass is 515 g/mol. The van der Waals surface area contributed by atoms with Gasteiger partial charge in [-0.1, -0.05) is 19.1 Å². The molecule has 0 saturated heterocycles. The lowest BCUT2D eigenvalue weighted by atomic mass is 10.1. The van der Waals surface area contributed by atoms with E-state index in [1.54, 1.807) is 18.4 Å². The Bertz CT molecular complexity index is 769. The highest BCUT2D eigenvalue weighted by Gasteiger charge is 2.08. The first-order valence-corrected chi connectivity index (χ1v) is 10.0. The molecule has 0 radical (unpaired) electrons. The van der Waals surface area contributed by atoms with Crippen molar-refractivity contribution in [1.29, 1.82) is 0 Å². The highest BCUT2D eigenvalue weighted by atomic mass is 127. The second-order valence-corrected chi connectivity index (χ2v) is 7.80. The number of rotatable bonds is 7. The van der Waals surface area contributed by atoms with Crippen molar-refractivity contribution in [2.75, 3.05) is 7.05 Å². The summed E-state index contributed by atoms with van der Waals surface area (Å²) in [6.45, 7) is 9.43. The van der Waals surface area contributed by atoms with Crippen molar-refractivity contribution >= 4 is 47.2 Å². The summed E-state index contributed by atoms with van der Waals surface area (Å²) in [5.74, 6) is 0.689. The first kappa shape index (κ1) is 24.4. The molecule has 1 unspecified atom stereocenters. The van der Waals surface area contributed by atoms with Gasteiger partial charge in [0.15, 0.2) is 5.96 Å². The Morgan fingerprint density at radius 2 is 1.82 bits per heavy atom. The van der Waals surface area contributed by atoms with Gasteiger partial charge < -0.3 is 16.0 Å². The molecule has 3 N–H and O–H groups in total. The Balaban J connectivity index is 0.00000392. The number of hydrogen-bond donors (Lipinski definition) is 3. The lowest BCUT2D eigenvalue weighted by Gasteiger charge is -2.13. The molecule has 2 aromatic rings. The zero-order valence-electron chi connectivity index (χ0n) is 17.1. The molecule has 0 saturated carbocycles. The molecule has 0 aliphatic heterocycles. The van der Waals surface area contributed by atoms with Crippen LogP contribution in [-0.2, 0) is 13.1 Å². The minimum Gasteiger partial charge on any atom is -0.352 e. The number of benzene rings is 1. The molecule has 154 valence electrons. The topological polar surface area (TPSA) is 78.4 Å². The number of nitrogens with zero attached hydrogens (tertiary/aromatic N) is 2. The van der Waals surface area contributed by atoms with Gasteiger partial charge in [-0.15, -0.1) is 35.3 Å². The molecular weight excluding hydrogens is 485 g/mol. The Morgan fingerprint density at radius 3 is 2.36 bits per heavy atom. The fourth-order valence-corrected chi connectivity index (χ4v) is 3.24. The fraction of sp³-hybridized carbons (Fsp3) is 0.450. The second-order valence-electron chi connectivity index (χ2n) is 6.51. The smallest absolute Gasteiger partial charge is 0.251 e. The summed E-state index contributed by atoms with van der Waals surface area (Å²) in [6, 6.07) is 7.80. The van der Waals surface area contributed by atoms with E-state index < -0.39 is 0 Å². The third-order valence-electron chi connectivity index (χ3n) is 4.37. The lowest BCUT2D eigenvalue weighted by Crippen LogP contribution is -2.36. The maximum Gasteiger partial charge on any atom is 0.251 e. The van der Waals surface area contributed by atoms with Crippen LogP contribution in [0.2, 0.25) is 0 Å². The standard InChI is InChI=1S/C20H29N5OS.HI/c1-6-13(2)24-19(26)17-9-7-16(8-10-17)11-22-20(21-5)23-12-18-25-14(3)15(4)27-18;/h7-10,13H,6,11-12H2,1-5H3,(H,24,26)(H2,21,22,23);1H. The number of carbonyl (C=O) groups excluding carboxylic acids is 1. The zero-order chi connectivity index (χ0) is 19.8. The van der Waals surface area contributed by atoms with Crippen molar-refractivity contribution in [3.05, 3.63) is 51.0 Å². The summed E-state index contributed by atoms with van der Waals surface area (Å²) in [5, 5.41) is 10.6. The summed E-state index contributed by atoms with van der Waals surface area (Å²) in [7, 11) is 1.75. The molecule has 0 spiro atoms. The van der Waals surface area contributed by atoms with E-state index in [9.17, 15) is 4.79 Å². The summed E-state index contributed by atoms with van der Waals surface area (Å²) < 4.78 is 0. The summed E-state index contributed by atoms with van der Waals surface area (Å²) in [6.07, 6.45) is 0.917. The van der Waals surface area contributed by atoms with Gasteiger partial charge in [0.05, 0.1) is 12.2 Å². The molecule has 8 heteroatoms. The molecule has 6 nitrogen and oxygen atoms in total. The van der Waals surface area contributed by atoms with Crippen LogP contribution in [0.3, 0.4) is 0 Å². The maximum absolute atomic E-state index is 12.1. The lowest BCUT2D eigenvalue weighted by molar-refractivity contribution is 0.0939. The van der Waals surface area contributed by atoms with E-state index >= 15 is 0 Å². The molecule has 1 amide bonds. The quantitative estimate of drug-likeness (QED) is 0.298. The van der Waals surface area contributed by atoms with Crippen LogP contribution in [0.15, 0.2) is 29.3 Å². The predicted molar refractivity (Wildman–Crippen MR) is 128 cm³/mol. The number of aromatic nitrogens is 1. The van der Waals surface area contributed by atoms with Gasteiger partial charge >= 0.3 is 0 Å². The average molecular weight is 515 g/mol. The molecule has 1 heterocycles. The van der Waals surface area contributed by atoms with Gasteiger partial charge in [-0.05, 0) is 44.9 Å². The number of nitrogens with one attached hydrogen (secondary N) is 3. The number of halogens is 1. The third kappa shape index (κ3) is 7.38. The van der Waals surface area contributed by atoms with E-state index in [0.717, 1.165) is 28.6 Å². The number of thiazole rings is 1. The van der Waals surface area contributed by atoms with Crippen LogP contribution in [0.1, 0.15) is 51.8 Å². The first-order chi connectivity index (χ1) is 12.9. The number of amides is 1. The minimum absolute atomic E-state index is 0. The molecule has 0 fully saturated rings.